The molecule has 9 nitrogen and oxygen atoms in total. The van der Waals surface area contributed by atoms with Gasteiger partial charge in [-0.2, -0.15) is 0 Å². The number of hydrogen-bond acceptors (Lipinski definition) is 9. The number of fused-ring (bicyclic) bond motifs is 1. The minimum absolute atomic E-state index is 0.00895. The Hall–Kier alpha value is -2.92. The molecule has 0 radical (unpaired) electrons. The average molecular weight is 417 g/mol. The highest BCUT2D eigenvalue weighted by Gasteiger charge is 2.39. The fraction of sp³-hybridized carbons (Fsp3) is 0.333. The first-order chi connectivity index (χ1) is 13.8. The molecule has 29 heavy (non-hydrogen) atoms. The lowest BCUT2D eigenvalue weighted by atomic mass is 9.64. The van der Waals surface area contributed by atoms with Gasteiger partial charge in [0.05, 0.1) is 0 Å². The lowest BCUT2D eigenvalue weighted by Crippen LogP contribution is -2.37. The predicted octanol–water partition coefficient (Wildman–Crippen LogP) is 2.00. The molecule has 1 atom stereocenters. The van der Waals surface area contributed by atoms with Gasteiger partial charge in [-0.25, -0.2) is 9.78 Å². The Kier molecular flexibility index (Phi) is 6.19. The lowest BCUT2D eigenvalue weighted by molar-refractivity contribution is -0.113. The zero-order chi connectivity index (χ0) is 21.1. The molecule has 1 aliphatic rings. The number of carboxylic acid groups (broad SMARTS) is 1. The van der Waals surface area contributed by atoms with Gasteiger partial charge in [-0.1, -0.05) is 24.6 Å². The first kappa shape index (κ1) is 20.8. The molecule has 11 heteroatoms. The van der Waals surface area contributed by atoms with Crippen LogP contribution in [-0.4, -0.2) is 44.9 Å². The lowest BCUT2D eigenvalue weighted by Gasteiger charge is -2.28. The van der Waals surface area contributed by atoms with Crippen LogP contribution in [-0.2, 0) is 17.6 Å². The Balaban J connectivity index is 1.85. The van der Waals surface area contributed by atoms with Gasteiger partial charge in [0, 0.05) is 17.6 Å². The number of rotatable bonds is 7. The third-order valence-corrected chi connectivity index (χ3v) is 5.37. The molecule has 0 saturated carbocycles. The van der Waals surface area contributed by atoms with Crippen LogP contribution in [0.2, 0.25) is 5.82 Å². The second kappa shape index (κ2) is 8.62. The number of aromatic nitrogens is 1. The van der Waals surface area contributed by atoms with Gasteiger partial charge in [-0.3, -0.25) is 4.79 Å². The van der Waals surface area contributed by atoms with Crippen molar-refractivity contribution < 1.29 is 29.6 Å². The van der Waals surface area contributed by atoms with Crippen LogP contribution < -0.4 is 10.4 Å². The molecule has 0 unspecified atom stereocenters. The highest BCUT2D eigenvalue weighted by atomic mass is 32.1. The molecule has 0 bridgehead atoms. The van der Waals surface area contributed by atoms with E-state index in [9.17, 15) is 24.9 Å². The van der Waals surface area contributed by atoms with Crippen molar-refractivity contribution in [3.05, 3.63) is 39.9 Å². The third-order valence-electron chi connectivity index (χ3n) is 4.69. The van der Waals surface area contributed by atoms with Gasteiger partial charge in [-0.05, 0) is 30.0 Å². The zero-order valence-corrected chi connectivity index (χ0v) is 16.5. The van der Waals surface area contributed by atoms with E-state index in [1.807, 2.05) is 13.0 Å². The Labute approximate surface area is 171 Å². The summed E-state index contributed by atoms with van der Waals surface area (Å²) in [5.41, 5.74) is 6.93. The normalized spacial score (nSPS) is 16.3. The second-order valence-electron chi connectivity index (χ2n) is 6.81. The molecule has 5 N–H and O–H groups in total. The number of benzene rings is 1. The smallest absolute Gasteiger partial charge is 0.526 e. The molecule has 3 rings (SSSR count). The number of hydrogen-bond donors (Lipinski definition) is 4. The number of carboxylic acids is 1. The molecule has 0 amide bonds. The summed E-state index contributed by atoms with van der Waals surface area (Å²) >= 11 is 1.11. The number of nitrogens with two attached hydrogens (primary N) is 1. The van der Waals surface area contributed by atoms with Crippen LogP contribution in [0.25, 0.3) is 0 Å². The van der Waals surface area contributed by atoms with E-state index in [1.54, 1.807) is 6.07 Å². The Morgan fingerprint density at radius 2 is 2.21 bits per heavy atom. The van der Waals surface area contributed by atoms with Gasteiger partial charge in [0.15, 0.2) is 16.6 Å². The van der Waals surface area contributed by atoms with E-state index in [1.165, 1.54) is 5.38 Å². The molecule has 1 aromatic heterocycles. The topological polar surface area (TPSA) is 155 Å². The molecular formula is C18H20BN3O6S. The number of aromatic carboxylic acids is 1. The van der Waals surface area contributed by atoms with Crippen molar-refractivity contribution >= 4 is 41.1 Å². The summed E-state index contributed by atoms with van der Waals surface area (Å²) in [6.07, 6.45) is 1.62. The van der Waals surface area contributed by atoms with E-state index in [0.29, 0.717) is 12.0 Å². The number of carbonyl (C=O) groups is 2. The second-order valence-corrected chi connectivity index (χ2v) is 7.70. The maximum Gasteiger partial charge on any atom is 0.526 e. The van der Waals surface area contributed by atoms with E-state index < -0.39 is 24.7 Å². The van der Waals surface area contributed by atoms with E-state index >= 15 is 0 Å². The predicted molar refractivity (Wildman–Crippen MR) is 108 cm³/mol. The van der Waals surface area contributed by atoms with Crippen LogP contribution in [0, 0.1) is 0 Å². The van der Waals surface area contributed by atoms with E-state index in [0.717, 1.165) is 23.3 Å². The van der Waals surface area contributed by atoms with Crippen molar-refractivity contribution in [2.75, 3.05) is 5.73 Å². The largest absolute Gasteiger partial charge is 0.535 e. The number of nitrogens with zero attached hydrogens (tertiary/aromatic N) is 2. The molecule has 0 spiro atoms. The number of anilines is 1. The SMILES string of the molecule is CCCc1cc2c(c(C(=O)O)c1)OB(O)[C@@H](CC(=O)/C(=N\O)c1csc(N)n1)C2. The van der Waals surface area contributed by atoms with E-state index in [-0.39, 0.29) is 40.7 Å². The Morgan fingerprint density at radius 1 is 1.45 bits per heavy atom. The van der Waals surface area contributed by atoms with Gasteiger partial charge < -0.3 is 25.7 Å². The van der Waals surface area contributed by atoms with Gasteiger partial charge in [0.25, 0.3) is 0 Å². The van der Waals surface area contributed by atoms with Crippen LogP contribution in [0.1, 0.15) is 46.9 Å². The number of carbonyl (C=O) groups excluding carboxylic acids is 1. The van der Waals surface area contributed by atoms with Crippen molar-refractivity contribution in [1.29, 1.82) is 0 Å². The quantitative estimate of drug-likeness (QED) is 0.231. The fourth-order valence-electron chi connectivity index (χ4n) is 3.39. The van der Waals surface area contributed by atoms with Crippen LogP contribution in [0.3, 0.4) is 0 Å². The van der Waals surface area contributed by atoms with Gasteiger partial charge in [-0.15, -0.1) is 11.3 Å². The summed E-state index contributed by atoms with van der Waals surface area (Å²) in [4.78, 5) is 28.2. The standard InChI is InChI=1S/C18H20BN3O6S/c1-2-3-9-4-10-6-11(19(26)28-16(10)12(5-9)17(24)25)7-14(23)15(22-27)13-8-29-18(20)21-13/h4-5,8,11,26-27H,2-3,6-7H2,1H3,(H2,20,21)(H,24,25)/b22-15-/t11-/m1/s1. The van der Waals surface area contributed by atoms with Crippen molar-refractivity contribution in [3.63, 3.8) is 0 Å². The van der Waals surface area contributed by atoms with E-state index in [2.05, 4.69) is 10.1 Å². The highest BCUT2D eigenvalue weighted by Crippen LogP contribution is 2.37. The number of nitrogen functional groups attached to an aromatic ring is 1. The first-order valence-corrected chi connectivity index (χ1v) is 9.92. The number of oxime groups is 1. The number of Topliss-reactive ketones (excluding diaryl/α,β-unsaturated/α-hetero) is 1. The average Bonchev–Trinajstić information content (AvgIpc) is 3.08. The van der Waals surface area contributed by atoms with Crippen molar-refractivity contribution in [1.82, 2.24) is 4.98 Å². The summed E-state index contributed by atoms with van der Waals surface area (Å²) in [5, 5.41) is 33.9. The van der Waals surface area contributed by atoms with Crippen LogP contribution in [0.4, 0.5) is 5.13 Å². The van der Waals surface area contributed by atoms with Gasteiger partial charge in [0.2, 0.25) is 0 Å². The van der Waals surface area contributed by atoms with Crippen LogP contribution >= 0.6 is 11.3 Å². The monoisotopic (exact) mass is 417 g/mol. The van der Waals surface area contributed by atoms with Crippen LogP contribution in [0.15, 0.2) is 22.7 Å². The fourth-order valence-corrected chi connectivity index (χ4v) is 3.94. The third kappa shape index (κ3) is 4.41. The number of ketones is 1. The summed E-state index contributed by atoms with van der Waals surface area (Å²) in [6.45, 7) is 1.99. The van der Waals surface area contributed by atoms with E-state index in [4.69, 9.17) is 10.4 Å². The van der Waals surface area contributed by atoms with Gasteiger partial charge in [0.1, 0.15) is 17.0 Å². The van der Waals surface area contributed by atoms with Crippen LogP contribution in [0.5, 0.6) is 5.75 Å². The Bertz CT molecular complexity index is 977. The molecular weight excluding hydrogens is 397 g/mol. The van der Waals surface area contributed by atoms with Crippen molar-refractivity contribution in [3.8, 4) is 5.75 Å². The molecule has 0 fully saturated rings. The first-order valence-electron chi connectivity index (χ1n) is 9.04. The molecule has 0 saturated heterocycles. The summed E-state index contributed by atoms with van der Waals surface area (Å²) in [5.74, 6) is -2.19. The molecule has 2 heterocycles. The van der Waals surface area contributed by atoms with Crippen molar-refractivity contribution in [2.24, 2.45) is 5.16 Å². The number of thiazole rings is 1. The zero-order valence-electron chi connectivity index (χ0n) is 15.7. The minimum Gasteiger partial charge on any atom is -0.535 e. The molecule has 1 aliphatic heterocycles. The summed E-state index contributed by atoms with van der Waals surface area (Å²) in [6, 6.07) is 3.39. The number of aryl methyl sites for hydroxylation is 1. The molecule has 1 aromatic carbocycles. The highest BCUT2D eigenvalue weighted by molar-refractivity contribution is 7.13. The van der Waals surface area contributed by atoms with Crippen molar-refractivity contribution in [2.45, 2.75) is 38.4 Å². The molecule has 152 valence electrons. The summed E-state index contributed by atoms with van der Waals surface area (Å²) in [7, 11) is -1.37. The summed E-state index contributed by atoms with van der Waals surface area (Å²) < 4.78 is 5.48. The maximum absolute atomic E-state index is 12.6. The molecule has 0 aliphatic carbocycles. The minimum atomic E-state index is -1.37. The molecule has 2 aromatic rings. The Morgan fingerprint density at radius 3 is 2.79 bits per heavy atom. The van der Waals surface area contributed by atoms with Gasteiger partial charge >= 0.3 is 13.1 Å². The maximum atomic E-state index is 12.6.